The van der Waals surface area contributed by atoms with Gasteiger partial charge in [0.25, 0.3) is 0 Å². The van der Waals surface area contributed by atoms with Crippen LogP contribution in [0.1, 0.15) is 0 Å². The zero-order chi connectivity index (χ0) is 10.6. The predicted octanol–water partition coefficient (Wildman–Crippen LogP) is 1.30. The van der Waals surface area contributed by atoms with Gasteiger partial charge < -0.3 is 10.0 Å². The molecular weight excluding hydrogens is 204 g/mol. The number of nitrogens with one attached hydrogen (secondary N) is 1. The lowest BCUT2D eigenvalue weighted by Crippen LogP contribution is -2.35. The Labute approximate surface area is 85.0 Å². The SMILES string of the molecule is CN(CC(=O)O)C(=O)Nc1cccs1. The van der Waals surface area contributed by atoms with E-state index in [1.807, 2.05) is 5.38 Å². The molecule has 2 amide bonds. The van der Waals surface area contributed by atoms with Crippen LogP contribution in [0.2, 0.25) is 0 Å². The fraction of sp³-hybridized carbons (Fsp3) is 0.250. The maximum absolute atomic E-state index is 11.3. The molecule has 1 aromatic heterocycles. The van der Waals surface area contributed by atoms with Gasteiger partial charge in [-0.05, 0) is 17.5 Å². The molecule has 6 heteroatoms. The second kappa shape index (κ2) is 4.61. The van der Waals surface area contributed by atoms with E-state index in [0.717, 1.165) is 4.90 Å². The number of anilines is 1. The Kier molecular flexibility index (Phi) is 3.47. The highest BCUT2D eigenvalue weighted by atomic mass is 32.1. The van der Waals surface area contributed by atoms with Crippen molar-refractivity contribution in [1.29, 1.82) is 0 Å². The summed E-state index contributed by atoms with van der Waals surface area (Å²) in [6, 6.07) is 3.13. The van der Waals surface area contributed by atoms with Gasteiger partial charge in [-0.15, -0.1) is 11.3 Å². The second-order valence-corrected chi connectivity index (χ2v) is 3.60. The first-order valence-corrected chi connectivity index (χ1v) is 4.75. The molecule has 76 valence electrons. The van der Waals surface area contributed by atoms with Gasteiger partial charge in [-0.25, -0.2) is 4.79 Å². The third kappa shape index (κ3) is 3.06. The summed E-state index contributed by atoms with van der Waals surface area (Å²) in [7, 11) is 1.43. The number of rotatable bonds is 3. The van der Waals surface area contributed by atoms with E-state index in [1.54, 1.807) is 12.1 Å². The highest BCUT2D eigenvalue weighted by Crippen LogP contribution is 2.15. The molecule has 1 heterocycles. The van der Waals surface area contributed by atoms with Crippen LogP contribution in [0.5, 0.6) is 0 Å². The number of carbonyl (C=O) groups excluding carboxylic acids is 1. The third-order valence-corrected chi connectivity index (χ3v) is 2.26. The van der Waals surface area contributed by atoms with Crippen molar-refractivity contribution >= 4 is 28.3 Å². The molecule has 1 aromatic rings. The van der Waals surface area contributed by atoms with Crippen LogP contribution < -0.4 is 5.32 Å². The molecule has 0 aliphatic carbocycles. The van der Waals surface area contributed by atoms with Crippen molar-refractivity contribution in [2.45, 2.75) is 0 Å². The number of carboxylic acids is 1. The van der Waals surface area contributed by atoms with Crippen LogP contribution in [-0.2, 0) is 4.79 Å². The van der Waals surface area contributed by atoms with Crippen molar-refractivity contribution in [3.8, 4) is 0 Å². The maximum atomic E-state index is 11.3. The summed E-state index contributed by atoms with van der Waals surface area (Å²) in [6.45, 7) is -0.308. The Morgan fingerprint density at radius 1 is 1.64 bits per heavy atom. The van der Waals surface area contributed by atoms with Crippen LogP contribution in [0, 0.1) is 0 Å². The summed E-state index contributed by atoms with van der Waals surface area (Å²) in [5, 5.41) is 13.5. The molecule has 0 saturated heterocycles. The summed E-state index contributed by atoms with van der Waals surface area (Å²) in [6.07, 6.45) is 0. The van der Waals surface area contributed by atoms with E-state index in [2.05, 4.69) is 5.32 Å². The van der Waals surface area contributed by atoms with E-state index in [1.165, 1.54) is 18.4 Å². The first-order chi connectivity index (χ1) is 6.59. The predicted molar refractivity (Wildman–Crippen MR) is 53.6 cm³/mol. The molecule has 0 fully saturated rings. The number of aliphatic carboxylic acids is 1. The number of urea groups is 1. The van der Waals surface area contributed by atoms with Gasteiger partial charge >= 0.3 is 12.0 Å². The first-order valence-electron chi connectivity index (χ1n) is 3.87. The number of amides is 2. The van der Waals surface area contributed by atoms with Gasteiger partial charge in [0.2, 0.25) is 0 Å². The minimum Gasteiger partial charge on any atom is -0.480 e. The molecular formula is C8H10N2O3S. The van der Waals surface area contributed by atoms with E-state index < -0.39 is 12.0 Å². The highest BCUT2D eigenvalue weighted by molar-refractivity contribution is 7.14. The Balaban J connectivity index is 2.46. The van der Waals surface area contributed by atoms with Crippen LogP contribution in [0.15, 0.2) is 17.5 Å². The summed E-state index contributed by atoms with van der Waals surface area (Å²) >= 11 is 1.38. The lowest BCUT2D eigenvalue weighted by Gasteiger charge is -2.14. The van der Waals surface area contributed by atoms with Gasteiger partial charge in [0.05, 0.1) is 5.00 Å². The van der Waals surface area contributed by atoms with E-state index in [0.29, 0.717) is 5.00 Å². The smallest absolute Gasteiger partial charge is 0.323 e. The Morgan fingerprint density at radius 3 is 2.86 bits per heavy atom. The molecule has 0 aliphatic rings. The van der Waals surface area contributed by atoms with Crippen LogP contribution in [0.4, 0.5) is 9.80 Å². The molecule has 0 aromatic carbocycles. The van der Waals surface area contributed by atoms with Crippen LogP contribution in [0.3, 0.4) is 0 Å². The first kappa shape index (κ1) is 10.5. The molecule has 0 spiro atoms. The molecule has 14 heavy (non-hydrogen) atoms. The van der Waals surface area contributed by atoms with Crippen molar-refractivity contribution in [3.05, 3.63) is 17.5 Å². The van der Waals surface area contributed by atoms with Crippen molar-refractivity contribution in [2.75, 3.05) is 18.9 Å². The number of thiophene rings is 1. The number of nitrogens with zero attached hydrogens (tertiary/aromatic N) is 1. The number of carbonyl (C=O) groups is 2. The lowest BCUT2D eigenvalue weighted by atomic mass is 10.5. The second-order valence-electron chi connectivity index (χ2n) is 2.66. The van der Waals surface area contributed by atoms with Gasteiger partial charge in [-0.3, -0.25) is 10.1 Å². The molecule has 2 N–H and O–H groups in total. The number of carboxylic acid groups (broad SMARTS) is 1. The van der Waals surface area contributed by atoms with Crippen molar-refractivity contribution in [2.24, 2.45) is 0 Å². The van der Waals surface area contributed by atoms with E-state index >= 15 is 0 Å². The van der Waals surface area contributed by atoms with Crippen LogP contribution in [0.25, 0.3) is 0 Å². The molecule has 0 atom stereocenters. The largest absolute Gasteiger partial charge is 0.480 e. The quantitative estimate of drug-likeness (QED) is 0.796. The van der Waals surface area contributed by atoms with Gasteiger partial charge in [0, 0.05) is 7.05 Å². The summed E-state index contributed by atoms with van der Waals surface area (Å²) in [4.78, 5) is 22.7. The van der Waals surface area contributed by atoms with Crippen LogP contribution >= 0.6 is 11.3 Å². The minimum absolute atomic E-state index is 0.308. The standard InChI is InChI=1S/C8H10N2O3S/c1-10(5-7(11)12)8(13)9-6-3-2-4-14-6/h2-4H,5H2,1H3,(H,9,13)(H,11,12). The molecule has 0 radical (unpaired) electrons. The zero-order valence-electron chi connectivity index (χ0n) is 7.56. The minimum atomic E-state index is -1.03. The normalized spacial score (nSPS) is 9.50. The molecule has 0 aliphatic heterocycles. The number of hydrogen-bond acceptors (Lipinski definition) is 3. The zero-order valence-corrected chi connectivity index (χ0v) is 8.37. The van der Waals surface area contributed by atoms with Gasteiger partial charge in [-0.1, -0.05) is 0 Å². The monoisotopic (exact) mass is 214 g/mol. The summed E-state index contributed by atoms with van der Waals surface area (Å²) < 4.78 is 0. The average molecular weight is 214 g/mol. The molecule has 1 rings (SSSR count). The van der Waals surface area contributed by atoms with E-state index in [9.17, 15) is 9.59 Å². The fourth-order valence-electron chi connectivity index (χ4n) is 0.825. The summed E-state index contributed by atoms with van der Waals surface area (Å²) in [5.74, 6) is -1.03. The fourth-order valence-corrected chi connectivity index (χ4v) is 1.43. The molecule has 0 bridgehead atoms. The highest BCUT2D eigenvalue weighted by Gasteiger charge is 2.11. The Bertz CT molecular complexity index is 323. The van der Waals surface area contributed by atoms with E-state index in [4.69, 9.17) is 5.11 Å². The van der Waals surface area contributed by atoms with Crippen LogP contribution in [-0.4, -0.2) is 35.6 Å². The van der Waals surface area contributed by atoms with Gasteiger partial charge in [0.1, 0.15) is 6.54 Å². The molecule has 0 unspecified atom stereocenters. The van der Waals surface area contributed by atoms with Gasteiger partial charge in [0.15, 0.2) is 0 Å². The van der Waals surface area contributed by atoms with Crippen molar-refractivity contribution in [3.63, 3.8) is 0 Å². The average Bonchev–Trinajstić information content (AvgIpc) is 2.55. The van der Waals surface area contributed by atoms with E-state index in [-0.39, 0.29) is 6.54 Å². The lowest BCUT2D eigenvalue weighted by molar-refractivity contribution is -0.137. The Morgan fingerprint density at radius 2 is 2.36 bits per heavy atom. The maximum Gasteiger partial charge on any atom is 0.323 e. The number of hydrogen-bond donors (Lipinski definition) is 2. The third-order valence-electron chi connectivity index (χ3n) is 1.47. The number of likely N-dealkylation sites (N-methyl/N-ethyl adjacent to an activating group) is 1. The molecule has 0 saturated carbocycles. The Hall–Kier alpha value is -1.56. The van der Waals surface area contributed by atoms with Crippen molar-refractivity contribution < 1.29 is 14.7 Å². The van der Waals surface area contributed by atoms with Gasteiger partial charge in [-0.2, -0.15) is 0 Å². The molecule has 5 nitrogen and oxygen atoms in total. The summed E-state index contributed by atoms with van der Waals surface area (Å²) in [5.41, 5.74) is 0. The van der Waals surface area contributed by atoms with Crippen molar-refractivity contribution in [1.82, 2.24) is 4.90 Å². The topological polar surface area (TPSA) is 69.6 Å².